The number of hydrogen-bond acceptors (Lipinski definition) is 8. The fraction of sp³-hybridized carbons (Fsp3) is 0.316. The highest BCUT2D eigenvalue weighted by atomic mass is 32.2. The van der Waals surface area contributed by atoms with Crippen molar-refractivity contribution >= 4 is 46.5 Å². The molecule has 1 N–H and O–H groups in total. The molecule has 3 aliphatic heterocycles. The topological polar surface area (TPSA) is 118 Å². The van der Waals surface area contributed by atoms with Crippen LogP contribution in [-0.2, 0) is 14.4 Å². The number of hydrazone groups is 1. The summed E-state index contributed by atoms with van der Waals surface area (Å²) in [7, 11) is 1.49. The number of thioether (sulfide) groups is 1. The van der Waals surface area contributed by atoms with Crippen LogP contribution in [-0.4, -0.2) is 65.5 Å². The average molecular weight is 430 g/mol. The summed E-state index contributed by atoms with van der Waals surface area (Å²) < 4.78 is 10.6. The second-order valence-corrected chi connectivity index (χ2v) is 7.66. The summed E-state index contributed by atoms with van der Waals surface area (Å²) >= 11 is 0.843. The molecule has 4 amide bonds. The molecule has 3 heterocycles. The minimum absolute atomic E-state index is 0.0386. The zero-order valence-electron chi connectivity index (χ0n) is 16.0. The number of rotatable bonds is 5. The number of ether oxygens (including phenoxy) is 2. The number of imide groups is 1. The molecule has 0 aliphatic carbocycles. The van der Waals surface area contributed by atoms with Gasteiger partial charge in [-0.1, -0.05) is 6.07 Å². The summed E-state index contributed by atoms with van der Waals surface area (Å²) in [6.45, 7) is 0.280. The van der Waals surface area contributed by atoms with Gasteiger partial charge in [0.15, 0.2) is 11.5 Å². The number of benzene rings is 1. The van der Waals surface area contributed by atoms with Gasteiger partial charge in [0.25, 0.3) is 17.1 Å². The van der Waals surface area contributed by atoms with Crippen molar-refractivity contribution in [1.29, 1.82) is 0 Å². The molecule has 1 fully saturated rings. The third-order valence-electron chi connectivity index (χ3n) is 4.66. The van der Waals surface area contributed by atoms with Crippen LogP contribution in [0.3, 0.4) is 0 Å². The predicted molar refractivity (Wildman–Crippen MR) is 108 cm³/mol. The number of nitrogens with zero attached hydrogens (tertiary/aromatic N) is 3. The predicted octanol–water partition coefficient (Wildman–Crippen LogP) is 1.18. The summed E-state index contributed by atoms with van der Waals surface area (Å²) in [5.74, 6) is 0.228. The minimum atomic E-state index is -0.419. The Bertz CT molecular complexity index is 1000. The molecule has 0 radical (unpaired) electrons. The smallest absolute Gasteiger partial charge is 0.293 e. The molecule has 0 spiro atoms. The third-order valence-corrected chi connectivity index (χ3v) is 5.57. The van der Waals surface area contributed by atoms with Crippen LogP contribution in [0.2, 0.25) is 0 Å². The van der Waals surface area contributed by atoms with Gasteiger partial charge in [0.05, 0.1) is 4.91 Å². The highest BCUT2D eigenvalue weighted by Crippen LogP contribution is 2.36. The number of carbonyl (C=O) groups excluding carboxylic acids is 4. The van der Waals surface area contributed by atoms with E-state index in [0.717, 1.165) is 21.7 Å². The normalized spacial score (nSPS) is 19.6. The first-order valence-corrected chi connectivity index (χ1v) is 10.0. The monoisotopic (exact) mass is 430 g/mol. The molecule has 0 atom stereocenters. The Morgan fingerprint density at radius 2 is 2.03 bits per heavy atom. The van der Waals surface area contributed by atoms with Gasteiger partial charge < -0.3 is 14.8 Å². The van der Waals surface area contributed by atoms with E-state index in [4.69, 9.17) is 9.47 Å². The van der Waals surface area contributed by atoms with Crippen LogP contribution in [0, 0.1) is 0 Å². The van der Waals surface area contributed by atoms with Crippen LogP contribution in [0.25, 0.3) is 6.08 Å². The molecule has 3 aliphatic rings. The summed E-state index contributed by atoms with van der Waals surface area (Å²) in [5.41, 5.74) is 0.959. The maximum atomic E-state index is 12.6. The van der Waals surface area contributed by atoms with Crippen molar-refractivity contribution in [3.05, 3.63) is 28.7 Å². The van der Waals surface area contributed by atoms with Gasteiger partial charge in [-0.25, -0.2) is 5.01 Å². The summed E-state index contributed by atoms with van der Waals surface area (Å²) in [6.07, 6.45) is 2.10. The van der Waals surface area contributed by atoms with Crippen molar-refractivity contribution in [2.75, 3.05) is 26.9 Å². The molecule has 10 nitrogen and oxygen atoms in total. The SMILES string of the molecule is CN1N=C(C(=O)NCCN2C(=O)S/C(=C\c3ccc4c(c3)OCO4)C2=O)CCC1=O. The van der Waals surface area contributed by atoms with Crippen LogP contribution < -0.4 is 14.8 Å². The van der Waals surface area contributed by atoms with Crippen LogP contribution >= 0.6 is 11.8 Å². The molecule has 11 heteroatoms. The van der Waals surface area contributed by atoms with Crippen molar-refractivity contribution < 1.29 is 28.7 Å². The first kappa shape index (κ1) is 20.0. The van der Waals surface area contributed by atoms with Gasteiger partial charge in [0.2, 0.25) is 12.7 Å². The number of hydrogen-bond donors (Lipinski definition) is 1. The van der Waals surface area contributed by atoms with E-state index in [1.165, 1.54) is 7.05 Å². The fourth-order valence-electron chi connectivity index (χ4n) is 3.06. The Morgan fingerprint density at radius 3 is 2.83 bits per heavy atom. The highest BCUT2D eigenvalue weighted by Gasteiger charge is 2.35. The Hall–Kier alpha value is -3.34. The maximum Gasteiger partial charge on any atom is 0.293 e. The van der Waals surface area contributed by atoms with Crippen LogP contribution in [0.5, 0.6) is 11.5 Å². The van der Waals surface area contributed by atoms with Crippen molar-refractivity contribution in [3.63, 3.8) is 0 Å². The number of fused-ring (bicyclic) bond motifs is 1. The van der Waals surface area contributed by atoms with Gasteiger partial charge in [-0.05, 0) is 35.5 Å². The number of amides is 4. The van der Waals surface area contributed by atoms with Gasteiger partial charge >= 0.3 is 0 Å². The molecule has 0 aromatic heterocycles. The van der Waals surface area contributed by atoms with E-state index < -0.39 is 17.1 Å². The van der Waals surface area contributed by atoms with E-state index in [1.54, 1.807) is 24.3 Å². The highest BCUT2D eigenvalue weighted by molar-refractivity contribution is 8.18. The van der Waals surface area contributed by atoms with Crippen LogP contribution in [0.4, 0.5) is 4.79 Å². The van der Waals surface area contributed by atoms with Gasteiger partial charge in [0.1, 0.15) is 5.71 Å². The minimum Gasteiger partial charge on any atom is -0.454 e. The zero-order valence-corrected chi connectivity index (χ0v) is 16.9. The lowest BCUT2D eigenvalue weighted by atomic mass is 10.1. The van der Waals surface area contributed by atoms with E-state index in [9.17, 15) is 19.2 Å². The lowest BCUT2D eigenvalue weighted by Crippen LogP contribution is -2.41. The second kappa shape index (κ2) is 8.19. The van der Waals surface area contributed by atoms with E-state index in [0.29, 0.717) is 22.0 Å². The Morgan fingerprint density at radius 1 is 1.23 bits per heavy atom. The summed E-state index contributed by atoms with van der Waals surface area (Å²) in [4.78, 5) is 49.8. The molecular formula is C19H18N4O6S. The third kappa shape index (κ3) is 4.01. The molecule has 0 unspecified atom stereocenters. The first-order chi connectivity index (χ1) is 14.4. The Labute approximate surface area is 175 Å². The molecule has 1 aromatic carbocycles. The van der Waals surface area contributed by atoms with Crippen molar-refractivity contribution in [2.45, 2.75) is 12.8 Å². The maximum absolute atomic E-state index is 12.6. The number of nitrogens with one attached hydrogen (secondary N) is 1. The Kier molecular flexibility index (Phi) is 5.44. The van der Waals surface area contributed by atoms with Crippen molar-refractivity contribution in [2.24, 2.45) is 5.10 Å². The number of carbonyl (C=O) groups is 4. The largest absolute Gasteiger partial charge is 0.454 e. The molecule has 4 rings (SSSR count). The quantitative estimate of drug-likeness (QED) is 0.697. The fourth-order valence-corrected chi connectivity index (χ4v) is 3.93. The van der Waals surface area contributed by atoms with Crippen LogP contribution in [0.1, 0.15) is 18.4 Å². The molecule has 0 bridgehead atoms. The second-order valence-electron chi connectivity index (χ2n) is 6.67. The average Bonchev–Trinajstić information content (AvgIpc) is 3.29. The summed E-state index contributed by atoms with van der Waals surface area (Å²) in [5, 5.41) is 7.30. The Balaban J connectivity index is 1.35. The van der Waals surface area contributed by atoms with Gasteiger partial charge in [-0.2, -0.15) is 5.10 Å². The van der Waals surface area contributed by atoms with Gasteiger partial charge in [0, 0.05) is 33.0 Å². The summed E-state index contributed by atoms with van der Waals surface area (Å²) in [6, 6.07) is 5.25. The molecule has 1 aromatic rings. The molecule has 0 saturated carbocycles. The molecular weight excluding hydrogens is 412 g/mol. The van der Waals surface area contributed by atoms with Gasteiger partial charge in [-0.15, -0.1) is 0 Å². The zero-order chi connectivity index (χ0) is 21.3. The molecule has 156 valence electrons. The van der Waals surface area contributed by atoms with E-state index in [2.05, 4.69) is 10.4 Å². The van der Waals surface area contributed by atoms with Crippen LogP contribution in [0.15, 0.2) is 28.2 Å². The lowest BCUT2D eigenvalue weighted by Gasteiger charge is -2.19. The first-order valence-electron chi connectivity index (χ1n) is 9.19. The standard InChI is InChI=1S/C19H18N4O6S/c1-22-16(24)5-3-12(21-22)17(25)20-6-7-23-18(26)15(30-19(23)27)9-11-2-4-13-14(8-11)29-10-28-13/h2,4,8-9H,3,5-7,10H2,1H3,(H,20,25)/b15-9-. The molecule has 30 heavy (non-hydrogen) atoms. The molecule has 1 saturated heterocycles. The van der Waals surface area contributed by atoms with Crippen molar-refractivity contribution in [3.8, 4) is 11.5 Å². The lowest BCUT2D eigenvalue weighted by molar-refractivity contribution is -0.130. The van der Waals surface area contributed by atoms with E-state index in [1.807, 2.05) is 0 Å². The van der Waals surface area contributed by atoms with E-state index >= 15 is 0 Å². The van der Waals surface area contributed by atoms with Crippen molar-refractivity contribution in [1.82, 2.24) is 15.2 Å². The van der Waals surface area contributed by atoms with Gasteiger partial charge in [-0.3, -0.25) is 24.1 Å². The van der Waals surface area contributed by atoms with E-state index in [-0.39, 0.29) is 44.3 Å².